The van der Waals surface area contributed by atoms with Crippen LogP contribution in [0.25, 0.3) is 0 Å². The molecular weight excluding hydrogens is 316 g/mol. The molecule has 0 aliphatic carbocycles. The fourth-order valence-corrected chi connectivity index (χ4v) is 2.45. The van der Waals surface area contributed by atoms with Gasteiger partial charge < -0.3 is 15.4 Å². The quantitative estimate of drug-likeness (QED) is 0.882. The number of hydrogen-bond donors (Lipinski definition) is 2. The van der Waals surface area contributed by atoms with Crippen molar-refractivity contribution in [2.75, 3.05) is 23.8 Å². The molecule has 1 saturated heterocycles. The van der Waals surface area contributed by atoms with Crippen LogP contribution in [0.3, 0.4) is 0 Å². The first-order valence-electron chi connectivity index (χ1n) is 7.70. The number of rotatable bonds is 5. The van der Waals surface area contributed by atoms with Crippen LogP contribution in [-0.2, 0) is 4.74 Å². The highest BCUT2D eigenvalue weighted by atomic mass is 19.1. The van der Waals surface area contributed by atoms with E-state index in [4.69, 9.17) is 4.74 Å². The summed E-state index contributed by atoms with van der Waals surface area (Å²) in [4.78, 5) is 16.1. The van der Waals surface area contributed by atoms with Gasteiger partial charge in [-0.05, 0) is 37.1 Å². The molecule has 1 fully saturated rings. The smallest absolute Gasteiger partial charge is 0.274 e. The van der Waals surface area contributed by atoms with E-state index in [9.17, 15) is 13.6 Å². The van der Waals surface area contributed by atoms with Crippen molar-refractivity contribution in [1.82, 2.24) is 4.98 Å². The third kappa shape index (κ3) is 4.05. The summed E-state index contributed by atoms with van der Waals surface area (Å²) in [5, 5.41) is 5.56. The van der Waals surface area contributed by atoms with Crippen LogP contribution in [0.15, 0.2) is 36.5 Å². The molecule has 1 aromatic heterocycles. The first kappa shape index (κ1) is 16.3. The van der Waals surface area contributed by atoms with E-state index in [0.29, 0.717) is 12.6 Å². The highest BCUT2D eigenvalue weighted by molar-refractivity contribution is 6.03. The van der Waals surface area contributed by atoms with Gasteiger partial charge in [0, 0.05) is 19.2 Å². The third-order valence-electron chi connectivity index (χ3n) is 3.73. The van der Waals surface area contributed by atoms with Gasteiger partial charge in [0.2, 0.25) is 0 Å². The Hall–Kier alpha value is -2.54. The van der Waals surface area contributed by atoms with Gasteiger partial charge in [0.25, 0.3) is 5.91 Å². The average molecular weight is 333 g/mol. The molecule has 0 bridgehead atoms. The molecule has 1 unspecified atom stereocenters. The molecule has 2 heterocycles. The number of pyridine rings is 1. The van der Waals surface area contributed by atoms with Gasteiger partial charge in [-0.3, -0.25) is 4.79 Å². The summed E-state index contributed by atoms with van der Waals surface area (Å²) in [6.45, 7) is 1.48. The second kappa shape index (κ2) is 7.35. The minimum atomic E-state index is -0.835. The van der Waals surface area contributed by atoms with Crippen LogP contribution in [0.5, 0.6) is 0 Å². The number of carbonyl (C=O) groups excluding carboxylic acids is 1. The van der Waals surface area contributed by atoms with Crippen LogP contribution in [-0.4, -0.2) is 30.1 Å². The number of anilines is 2. The molecule has 1 atom stereocenters. The molecule has 1 amide bonds. The standard InChI is InChI=1S/C17H17F2N3O2/c18-11-3-5-15(14(19)8-11)22-17(23)16-6-4-12(9-21-16)20-10-13-2-1-7-24-13/h3-6,8-9,13,20H,1-2,7,10H2,(H,22,23). The van der Waals surface area contributed by atoms with Gasteiger partial charge in [-0.2, -0.15) is 0 Å². The van der Waals surface area contributed by atoms with Crippen molar-refractivity contribution < 1.29 is 18.3 Å². The Balaban J connectivity index is 1.58. The van der Waals surface area contributed by atoms with Crippen LogP contribution in [0.1, 0.15) is 23.3 Å². The van der Waals surface area contributed by atoms with Crippen molar-refractivity contribution in [2.45, 2.75) is 18.9 Å². The second-order valence-electron chi connectivity index (χ2n) is 5.53. The zero-order valence-electron chi connectivity index (χ0n) is 12.9. The first-order valence-corrected chi connectivity index (χ1v) is 7.70. The molecule has 1 aliphatic heterocycles. The lowest BCUT2D eigenvalue weighted by Gasteiger charge is -2.12. The van der Waals surface area contributed by atoms with Crippen molar-refractivity contribution in [3.63, 3.8) is 0 Å². The van der Waals surface area contributed by atoms with Crippen LogP contribution in [0.4, 0.5) is 20.2 Å². The lowest BCUT2D eigenvalue weighted by atomic mass is 10.2. The number of benzene rings is 1. The summed E-state index contributed by atoms with van der Waals surface area (Å²) < 4.78 is 31.9. The van der Waals surface area contributed by atoms with Crippen molar-refractivity contribution >= 4 is 17.3 Å². The number of ether oxygens (including phenoxy) is 1. The van der Waals surface area contributed by atoms with Crippen molar-refractivity contribution in [1.29, 1.82) is 0 Å². The van der Waals surface area contributed by atoms with Crippen LogP contribution < -0.4 is 10.6 Å². The largest absolute Gasteiger partial charge is 0.381 e. The van der Waals surface area contributed by atoms with E-state index < -0.39 is 17.5 Å². The van der Waals surface area contributed by atoms with Crippen LogP contribution in [0.2, 0.25) is 0 Å². The van der Waals surface area contributed by atoms with Gasteiger partial charge >= 0.3 is 0 Å². The van der Waals surface area contributed by atoms with Gasteiger partial charge in [0.15, 0.2) is 0 Å². The molecule has 1 aromatic carbocycles. The van der Waals surface area contributed by atoms with Crippen molar-refractivity contribution in [3.05, 3.63) is 53.9 Å². The molecule has 0 saturated carbocycles. The molecule has 3 rings (SSSR count). The van der Waals surface area contributed by atoms with E-state index in [1.165, 1.54) is 18.3 Å². The number of halogens is 2. The zero-order valence-corrected chi connectivity index (χ0v) is 12.9. The predicted octanol–water partition coefficient (Wildman–Crippen LogP) is 3.20. The number of amides is 1. The van der Waals surface area contributed by atoms with E-state index in [1.807, 2.05) is 0 Å². The Kier molecular flexibility index (Phi) is 5.00. The fourth-order valence-electron chi connectivity index (χ4n) is 2.45. The normalized spacial score (nSPS) is 16.8. The number of nitrogens with zero attached hydrogens (tertiary/aromatic N) is 1. The maximum absolute atomic E-state index is 13.5. The highest BCUT2D eigenvalue weighted by Gasteiger charge is 2.15. The molecule has 0 radical (unpaired) electrons. The highest BCUT2D eigenvalue weighted by Crippen LogP contribution is 2.17. The van der Waals surface area contributed by atoms with E-state index in [0.717, 1.165) is 31.2 Å². The van der Waals surface area contributed by atoms with Crippen LogP contribution >= 0.6 is 0 Å². The number of hydrogen-bond acceptors (Lipinski definition) is 4. The van der Waals surface area contributed by atoms with E-state index in [1.54, 1.807) is 6.07 Å². The molecule has 0 spiro atoms. The monoisotopic (exact) mass is 333 g/mol. The SMILES string of the molecule is O=C(Nc1ccc(F)cc1F)c1ccc(NCC2CCCO2)cn1. The molecule has 1 aliphatic rings. The van der Waals surface area contributed by atoms with E-state index in [-0.39, 0.29) is 17.5 Å². The second-order valence-corrected chi connectivity index (χ2v) is 5.53. The molecule has 24 heavy (non-hydrogen) atoms. The van der Waals surface area contributed by atoms with Gasteiger partial charge in [0.1, 0.15) is 17.3 Å². The first-order chi connectivity index (χ1) is 11.6. The Morgan fingerprint density at radius 2 is 2.17 bits per heavy atom. The zero-order chi connectivity index (χ0) is 16.9. The summed E-state index contributed by atoms with van der Waals surface area (Å²) in [7, 11) is 0. The Morgan fingerprint density at radius 1 is 1.29 bits per heavy atom. The molecular formula is C17H17F2N3O2. The van der Waals surface area contributed by atoms with Gasteiger partial charge in [-0.1, -0.05) is 0 Å². The molecule has 2 aromatic rings. The summed E-state index contributed by atoms with van der Waals surface area (Å²) in [5.74, 6) is -2.10. The summed E-state index contributed by atoms with van der Waals surface area (Å²) >= 11 is 0. The maximum atomic E-state index is 13.5. The van der Waals surface area contributed by atoms with Crippen LogP contribution in [0, 0.1) is 11.6 Å². The number of nitrogens with one attached hydrogen (secondary N) is 2. The van der Waals surface area contributed by atoms with Gasteiger partial charge in [-0.25, -0.2) is 13.8 Å². The summed E-state index contributed by atoms with van der Waals surface area (Å²) in [6.07, 6.45) is 3.84. The summed E-state index contributed by atoms with van der Waals surface area (Å²) in [6, 6.07) is 6.21. The molecule has 126 valence electrons. The number of aromatic nitrogens is 1. The fraction of sp³-hybridized carbons (Fsp3) is 0.294. The Bertz CT molecular complexity index is 716. The van der Waals surface area contributed by atoms with Crippen molar-refractivity contribution in [3.8, 4) is 0 Å². The number of carbonyl (C=O) groups is 1. The van der Waals surface area contributed by atoms with E-state index in [2.05, 4.69) is 15.6 Å². The molecule has 7 heteroatoms. The average Bonchev–Trinajstić information content (AvgIpc) is 3.09. The van der Waals surface area contributed by atoms with Gasteiger partial charge in [0.05, 0.1) is 23.7 Å². The summed E-state index contributed by atoms with van der Waals surface area (Å²) in [5.41, 5.74) is 0.820. The minimum absolute atomic E-state index is 0.0937. The van der Waals surface area contributed by atoms with E-state index >= 15 is 0 Å². The third-order valence-corrected chi connectivity index (χ3v) is 3.73. The maximum Gasteiger partial charge on any atom is 0.274 e. The lowest BCUT2D eigenvalue weighted by Crippen LogP contribution is -2.19. The topological polar surface area (TPSA) is 63.2 Å². The van der Waals surface area contributed by atoms with Crippen molar-refractivity contribution in [2.24, 2.45) is 0 Å². The Morgan fingerprint density at radius 3 is 2.83 bits per heavy atom. The molecule has 5 nitrogen and oxygen atoms in total. The lowest BCUT2D eigenvalue weighted by molar-refractivity contribution is 0.102. The molecule has 2 N–H and O–H groups in total. The Labute approximate surface area is 138 Å². The van der Waals surface area contributed by atoms with Gasteiger partial charge in [-0.15, -0.1) is 0 Å². The predicted molar refractivity (Wildman–Crippen MR) is 86.0 cm³/mol. The minimum Gasteiger partial charge on any atom is -0.381 e.